The van der Waals surface area contributed by atoms with Crippen LogP contribution in [0.25, 0.3) is 0 Å². The molecule has 0 saturated carbocycles. The molecule has 0 bridgehead atoms. The van der Waals surface area contributed by atoms with Crippen LogP contribution in [0.15, 0.2) is 63.6 Å². The number of furan rings is 1. The summed E-state index contributed by atoms with van der Waals surface area (Å²) in [4.78, 5) is 15.3. The number of amides is 1. The standard InChI is InChI=1S/C22H28N2O4S/c1-17(2)8-12-24-13-9-19(10-14-24)23-22(25)21-18(11-15-28-21)16-29(26,27)20-6-4-3-5-7-20/h3-8,11,15,19H,9-10,12-14,16H2,1-2H3,(H,23,25). The summed E-state index contributed by atoms with van der Waals surface area (Å²) in [6.07, 6.45) is 5.30. The molecule has 6 nitrogen and oxygen atoms in total. The van der Waals surface area contributed by atoms with Crippen molar-refractivity contribution in [2.45, 2.75) is 43.4 Å². The molecule has 0 unspecified atom stereocenters. The van der Waals surface area contributed by atoms with Gasteiger partial charge in [-0.15, -0.1) is 0 Å². The van der Waals surface area contributed by atoms with Gasteiger partial charge in [-0.1, -0.05) is 29.8 Å². The molecule has 0 radical (unpaired) electrons. The van der Waals surface area contributed by atoms with Crippen LogP contribution in [0.2, 0.25) is 0 Å². The van der Waals surface area contributed by atoms with Crippen molar-refractivity contribution in [3.63, 3.8) is 0 Å². The summed E-state index contributed by atoms with van der Waals surface area (Å²) in [6, 6.07) is 9.85. The number of rotatable bonds is 7. The quantitative estimate of drug-likeness (QED) is 0.700. The van der Waals surface area contributed by atoms with Gasteiger partial charge in [0.2, 0.25) is 0 Å². The van der Waals surface area contributed by atoms with Crippen LogP contribution >= 0.6 is 0 Å². The molecule has 1 aliphatic heterocycles. The molecule has 0 aliphatic carbocycles. The largest absolute Gasteiger partial charge is 0.459 e. The van der Waals surface area contributed by atoms with Crippen LogP contribution in [0.4, 0.5) is 0 Å². The van der Waals surface area contributed by atoms with Crippen LogP contribution in [-0.4, -0.2) is 44.9 Å². The van der Waals surface area contributed by atoms with E-state index in [4.69, 9.17) is 4.42 Å². The zero-order chi connectivity index (χ0) is 20.9. The third kappa shape index (κ3) is 5.81. The molecule has 1 fully saturated rings. The van der Waals surface area contributed by atoms with Crippen molar-refractivity contribution < 1.29 is 17.6 Å². The van der Waals surface area contributed by atoms with Crippen molar-refractivity contribution in [2.24, 2.45) is 0 Å². The Kier molecular flexibility index (Phi) is 6.92. The highest BCUT2D eigenvalue weighted by molar-refractivity contribution is 7.90. The van der Waals surface area contributed by atoms with Crippen LogP contribution in [0.1, 0.15) is 42.8 Å². The number of nitrogens with one attached hydrogen (secondary N) is 1. The molecule has 0 spiro atoms. The minimum absolute atomic E-state index is 0.0640. The molecule has 7 heteroatoms. The normalized spacial score (nSPS) is 15.8. The molecular weight excluding hydrogens is 388 g/mol. The fourth-order valence-corrected chi connectivity index (χ4v) is 4.76. The first-order valence-electron chi connectivity index (χ1n) is 9.86. The molecule has 156 valence electrons. The van der Waals surface area contributed by atoms with Crippen molar-refractivity contribution in [1.82, 2.24) is 10.2 Å². The third-order valence-electron chi connectivity index (χ3n) is 5.08. The van der Waals surface area contributed by atoms with Gasteiger partial charge in [-0.05, 0) is 44.9 Å². The second kappa shape index (κ2) is 9.41. The Balaban J connectivity index is 1.59. The average Bonchev–Trinajstić information content (AvgIpc) is 3.15. The number of carbonyl (C=O) groups excluding carboxylic acids is 1. The van der Waals surface area contributed by atoms with Gasteiger partial charge in [0.25, 0.3) is 5.91 Å². The van der Waals surface area contributed by atoms with Gasteiger partial charge in [0, 0.05) is 31.2 Å². The first kappa shape index (κ1) is 21.3. The minimum Gasteiger partial charge on any atom is -0.459 e. The van der Waals surface area contributed by atoms with E-state index in [9.17, 15) is 13.2 Å². The van der Waals surface area contributed by atoms with E-state index in [0.717, 1.165) is 32.5 Å². The summed E-state index contributed by atoms with van der Waals surface area (Å²) >= 11 is 0. The van der Waals surface area contributed by atoms with Gasteiger partial charge in [0.15, 0.2) is 15.6 Å². The zero-order valence-corrected chi connectivity index (χ0v) is 17.7. The maximum absolute atomic E-state index is 12.7. The zero-order valence-electron chi connectivity index (χ0n) is 16.9. The van der Waals surface area contributed by atoms with Crippen molar-refractivity contribution in [2.75, 3.05) is 19.6 Å². The maximum Gasteiger partial charge on any atom is 0.287 e. The van der Waals surface area contributed by atoms with E-state index >= 15 is 0 Å². The Morgan fingerprint density at radius 1 is 1.17 bits per heavy atom. The lowest BCUT2D eigenvalue weighted by atomic mass is 10.0. The van der Waals surface area contributed by atoms with Gasteiger partial charge in [-0.3, -0.25) is 9.69 Å². The fourth-order valence-electron chi connectivity index (χ4n) is 3.39. The molecule has 29 heavy (non-hydrogen) atoms. The molecule has 1 N–H and O–H groups in total. The van der Waals surface area contributed by atoms with Gasteiger partial charge in [-0.25, -0.2) is 8.42 Å². The molecule has 1 aromatic heterocycles. The van der Waals surface area contributed by atoms with Crippen LogP contribution in [0.5, 0.6) is 0 Å². The highest BCUT2D eigenvalue weighted by Gasteiger charge is 2.25. The number of piperidine rings is 1. The van der Waals surface area contributed by atoms with E-state index in [1.54, 1.807) is 36.4 Å². The molecule has 1 aliphatic rings. The number of sulfone groups is 1. The Hall–Kier alpha value is -2.38. The van der Waals surface area contributed by atoms with Gasteiger partial charge < -0.3 is 9.73 Å². The highest BCUT2D eigenvalue weighted by atomic mass is 32.2. The van der Waals surface area contributed by atoms with Crippen molar-refractivity contribution >= 4 is 15.7 Å². The lowest BCUT2D eigenvalue weighted by Crippen LogP contribution is -2.44. The second-order valence-electron chi connectivity index (χ2n) is 7.68. The Morgan fingerprint density at radius 3 is 2.52 bits per heavy atom. The van der Waals surface area contributed by atoms with Gasteiger partial charge in [0.05, 0.1) is 16.9 Å². The van der Waals surface area contributed by atoms with Crippen LogP contribution in [0.3, 0.4) is 0 Å². The predicted octanol–water partition coefficient (Wildman–Crippen LogP) is 3.41. The Labute approximate surface area is 172 Å². The summed E-state index contributed by atoms with van der Waals surface area (Å²) in [6.45, 7) is 6.95. The number of benzene rings is 1. The number of allylic oxidation sites excluding steroid dienone is 1. The smallest absolute Gasteiger partial charge is 0.287 e. The Bertz CT molecular complexity index is 952. The topological polar surface area (TPSA) is 79.6 Å². The Morgan fingerprint density at radius 2 is 1.86 bits per heavy atom. The van der Waals surface area contributed by atoms with E-state index in [1.807, 2.05) is 0 Å². The molecular formula is C22H28N2O4S. The fraction of sp³-hybridized carbons (Fsp3) is 0.409. The number of nitrogens with zero attached hydrogens (tertiary/aromatic N) is 1. The molecule has 1 saturated heterocycles. The van der Waals surface area contributed by atoms with Crippen LogP contribution in [-0.2, 0) is 15.6 Å². The average molecular weight is 417 g/mol. The third-order valence-corrected chi connectivity index (χ3v) is 6.76. The SMILES string of the molecule is CC(C)=CCN1CCC(NC(=O)c2occc2CS(=O)(=O)c2ccccc2)CC1. The van der Waals surface area contributed by atoms with E-state index in [1.165, 1.54) is 11.8 Å². The van der Waals surface area contributed by atoms with Crippen molar-refractivity contribution in [3.05, 3.63) is 65.6 Å². The van der Waals surface area contributed by atoms with Gasteiger partial charge in [0.1, 0.15) is 0 Å². The lowest BCUT2D eigenvalue weighted by Gasteiger charge is -2.31. The summed E-state index contributed by atoms with van der Waals surface area (Å²) < 4.78 is 30.6. The monoisotopic (exact) mass is 416 g/mol. The van der Waals surface area contributed by atoms with E-state index in [2.05, 4.69) is 30.1 Å². The second-order valence-corrected chi connectivity index (χ2v) is 9.67. The number of hydrogen-bond acceptors (Lipinski definition) is 5. The van der Waals surface area contributed by atoms with Gasteiger partial charge >= 0.3 is 0 Å². The first-order valence-corrected chi connectivity index (χ1v) is 11.5. The van der Waals surface area contributed by atoms with Crippen molar-refractivity contribution in [3.8, 4) is 0 Å². The van der Waals surface area contributed by atoms with Crippen molar-refractivity contribution in [1.29, 1.82) is 0 Å². The van der Waals surface area contributed by atoms with Gasteiger partial charge in [-0.2, -0.15) is 0 Å². The maximum atomic E-state index is 12.7. The van der Waals surface area contributed by atoms with Crippen LogP contribution < -0.4 is 5.32 Å². The summed E-state index contributed by atoms with van der Waals surface area (Å²) in [7, 11) is -3.55. The molecule has 1 amide bonds. The summed E-state index contributed by atoms with van der Waals surface area (Å²) in [5.74, 6) is -0.537. The number of likely N-dealkylation sites (tertiary alicyclic amines) is 1. The number of hydrogen-bond donors (Lipinski definition) is 1. The first-order chi connectivity index (χ1) is 13.8. The van der Waals surface area contributed by atoms with Crippen LogP contribution in [0, 0.1) is 0 Å². The molecule has 1 aromatic carbocycles. The highest BCUT2D eigenvalue weighted by Crippen LogP contribution is 2.20. The summed E-state index contributed by atoms with van der Waals surface area (Å²) in [5.41, 5.74) is 1.68. The minimum atomic E-state index is -3.55. The number of carbonyl (C=O) groups is 1. The van der Waals surface area contributed by atoms with E-state index < -0.39 is 9.84 Å². The molecule has 2 heterocycles. The van der Waals surface area contributed by atoms with E-state index in [-0.39, 0.29) is 28.4 Å². The lowest BCUT2D eigenvalue weighted by molar-refractivity contribution is 0.0885. The molecule has 0 atom stereocenters. The molecule has 3 rings (SSSR count). The van der Waals surface area contributed by atoms with E-state index in [0.29, 0.717) is 5.56 Å². The summed E-state index contributed by atoms with van der Waals surface area (Å²) in [5, 5.41) is 3.00. The molecule has 2 aromatic rings. The predicted molar refractivity (Wildman–Crippen MR) is 112 cm³/mol.